The monoisotopic (exact) mass is 360 g/mol. The van der Waals surface area contributed by atoms with Gasteiger partial charge in [0.2, 0.25) is 0 Å². The summed E-state index contributed by atoms with van der Waals surface area (Å²) < 4.78 is 16.5. The molecule has 130 valence electrons. The summed E-state index contributed by atoms with van der Waals surface area (Å²) in [5.74, 6) is -0.0621. The molecule has 0 fully saturated rings. The predicted octanol–water partition coefficient (Wildman–Crippen LogP) is 2.71. The summed E-state index contributed by atoms with van der Waals surface area (Å²) in [5, 5.41) is 5.95. The fourth-order valence-electron chi connectivity index (χ4n) is 2.14. The molecule has 3 rings (SSSR count). The van der Waals surface area contributed by atoms with Crippen LogP contribution in [-0.4, -0.2) is 22.9 Å². The SMILES string of the molecule is COc1cccc(COC(=O)CCn2nc(-c3cccs3)oc2=O)c1. The molecule has 0 bridgehead atoms. The van der Waals surface area contributed by atoms with Gasteiger partial charge in [-0.25, -0.2) is 4.79 Å². The van der Waals surface area contributed by atoms with E-state index in [-0.39, 0.29) is 25.5 Å². The molecule has 0 atom stereocenters. The lowest BCUT2D eigenvalue weighted by Gasteiger charge is -2.06. The maximum Gasteiger partial charge on any atom is 0.437 e. The highest BCUT2D eigenvalue weighted by molar-refractivity contribution is 7.13. The number of hydrogen-bond acceptors (Lipinski definition) is 7. The van der Waals surface area contributed by atoms with Crippen LogP contribution in [0.15, 0.2) is 51.0 Å². The molecule has 25 heavy (non-hydrogen) atoms. The van der Waals surface area contributed by atoms with E-state index >= 15 is 0 Å². The van der Waals surface area contributed by atoms with Crippen molar-refractivity contribution >= 4 is 17.3 Å². The number of nitrogens with zero attached hydrogens (tertiary/aromatic N) is 2. The zero-order valence-electron chi connectivity index (χ0n) is 13.5. The number of carbonyl (C=O) groups excluding carboxylic acids is 1. The molecule has 0 aliphatic rings. The van der Waals surface area contributed by atoms with Crippen LogP contribution in [0.1, 0.15) is 12.0 Å². The van der Waals surface area contributed by atoms with E-state index in [1.54, 1.807) is 13.2 Å². The first-order valence-corrected chi connectivity index (χ1v) is 8.44. The Morgan fingerprint density at radius 3 is 2.96 bits per heavy atom. The molecule has 0 N–H and O–H groups in total. The van der Waals surface area contributed by atoms with Gasteiger partial charge in [-0.05, 0) is 29.1 Å². The fraction of sp³-hybridized carbons (Fsp3) is 0.235. The molecule has 2 heterocycles. The number of rotatable bonds is 7. The van der Waals surface area contributed by atoms with Crippen LogP contribution in [0.25, 0.3) is 10.8 Å². The van der Waals surface area contributed by atoms with E-state index < -0.39 is 11.7 Å². The summed E-state index contributed by atoms with van der Waals surface area (Å²) in [6.07, 6.45) is 0.0281. The molecule has 2 aromatic heterocycles. The van der Waals surface area contributed by atoms with Crippen molar-refractivity contribution in [3.8, 4) is 16.5 Å². The van der Waals surface area contributed by atoms with Gasteiger partial charge in [-0.1, -0.05) is 18.2 Å². The first kappa shape index (κ1) is 17.0. The van der Waals surface area contributed by atoms with Gasteiger partial charge >= 0.3 is 11.7 Å². The number of aryl methyl sites for hydroxylation is 1. The van der Waals surface area contributed by atoms with Crippen molar-refractivity contribution in [2.45, 2.75) is 19.6 Å². The molecule has 0 saturated carbocycles. The van der Waals surface area contributed by atoms with Gasteiger partial charge in [0, 0.05) is 0 Å². The van der Waals surface area contributed by atoms with Gasteiger partial charge < -0.3 is 13.9 Å². The lowest BCUT2D eigenvalue weighted by molar-refractivity contribution is -0.145. The third-order valence-electron chi connectivity index (χ3n) is 3.40. The molecule has 0 aliphatic heterocycles. The maximum atomic E-state index is 11.9. The van der Waals surface area contributed by atoms with E-state index in [2.05, 4.69) is 5.10 Å². The Morgan fingerprint density at radius 1 is 1.32 bits per heavy atom. The first-order valence-electron chi connectivity index (χ1n) is 7.56. The minimum atomic E-state index is -0.594. The van der Waals surface area contributed by atoms with E-state index in [0.29, 0.717) is 5.75 Å². The first-order chi connectivity index (χ1) is 12.2. The summed E-state index contributed by atoms with van der Waals surface area (Å²) in [6, 6.07) is 10.9. The molecule has 3 aromatic rings. The second-order valence-corrected chi connectivity index (χ2v) is 6.08. The van der Waals surface area contributed by atoms with E-state index in [1.807, 2.05) is 35.7 Å². The Hall–Kier alpha value is -2.87. The third kappa shape index (κ3) is 4.36. The molecule has 0 saturated heterocycles. The molecule has 0 radical (unpaired) electrons. The van der Waals surface area contributed by atoms with Crippen LogP contribution in [0, 0.1) is 0 Å². The lowest BCUT2D eigenvalue weighted by Crippen LogP contribution is -2.18. The number of methoxy groups -OCH3 is 1. The van der Waals surface area contributed by atoms with Gasteiger partial charge in [-0.2, -0.15) is 4.68 Å². The van der Waals surface area contributed by atoms with Crippen molar-refractivity contribution in [3.05, 3.63) is 57.9 Å². The van der Waals surface area contributed by atoms with Crippen molar-refractivity contribution in [3.63, 3.8) is 0 Å². The molecule has 0 spiro atoms. The van der Waals surface area contributed by atoms with Gasteiger partial charge in [-0.15, -0.1) is 16.4 Å². The van der Waals surface area contributed by atoms with Gasteiger partial charge in [-0.3, -0.25) is 4.79 Å². The number of benzene rings is 1. The van der Waals surface area contributed by atoms with Crippen LogP contribution >= 0.6 is 11.3 Å². The zero-order valence-corrected chi connectivity index (χ0v) is 14.3. The normalized spacial score (nSPS) is 10.6. The highest BCUT2D eigenvalue weighted by atomic mass is 32.1. The Labute approximate surface area is 147 Å². The van der Waals surface area contributed by atoms with E-state index in [4.69, 9.17) is 13.9 Å². The quantitative estimate of drug-likeness (QED) is 0.603. The predicted molar refractivity (Wildman–Crippen MR) is 91.5 cm³/mol. The van der Waals surface area contributed by atoms with Gasteiger partial charge in [0.15, 0.2) is 0 Å². The Morgan fingerprint density at radius 2 is 2.20 bits per heavy atom. The molecule has 0 aliphatic carbocycles. The highest BCUT2D eigenvalue weighted by Crippen LogP contribution is 2.21. The largest absolute Gasteiger partial charge is 0.497 e. The Balaban J connectivity index is 1.53. The van der Waals surface area contributed by atoms with Crippen LogP contribution in [0.3, 0.4) is 0 Å². The van der Waals surface area contributed by atoms with E-state index in [9.17, 15) is 9.59 Å². The Bertz CT molecular complexity index is 898. The van der Waals surface area contributed by atoms with Crippen molar-refractivity contribution in [1.82, 2.24) is 9.78 Å². The molecule has 0 unspecified atom stereocenters. The zero-order chi connectivity index (χ0) is 17.6. The summed E-state index contributed by atoms with van der Waals surface area (Å²) in [6.45, 7) is 0.245. The maximum absolute atomic E-state index is 11.9. The number of carbonyl (C=O) groups is 1. The summed E-state index contributed by atoms with van der Waals surface area (Å²) in [5.41, 5.74) is 0.825. The van der Waals surface area contributed by atoms with Gasteiger partial charge in [0.05, 0.1) is 25.0 Å². The molecule has 0 amide bonds. The molecule has 8 heteroatoms. The van der Waals surface area contributed by atoms with Crippen LogP contribution in [-0.2, 0) is 22.7 Å². The van der Waals surface area contributed by atoms with Crippen molar-refractivity contribution in [2.24, 2.45) is 0 Å². The molecule has 1 aromatic carbocycles. The lowest BCUT2D eigenvalue weighted by atomic mass is 10.2. The van der Waals surface area contributed by atoms with E-state index in [0.717, 1.165) is 15.1 Å². The summed E-state index contributed by atoms with van der Waals surface area (Å²) in [4.78, 5) is 24.4. The van der Waals surface area contributed by atoms with Crippen LogP contribution in [0.5, 0.6) is 5.75 Å². The summed E-state index contributed by atoms with van der Waals surface area (Å²) in [7, 11) is 1.57. The summed E-state index contributed by atoms with van der Waals surface area (Å²) >= 11 is 1.42. The molecular weight excluding hydrogens is 344 g/mol. The number of aromatic nitrogens is 2. The fourth-order valence-corrected chi connectivity index (χ4v) is 2.79. The highest BCUT2D eigenvalue weighted by Gasteiger charge is 2.13. The average molecular weight is 360 g/mol. The van der Waals surface area contributed by atoms with Crippen molar-refractivity contribution in [1.29, 1.82) is 0 Å². The van der Waals surface area contributed by atoms with Crippen LogP contribution in [0.2, 0.25) is 0 Å². The minimum absolute atomic E-state index is 0.0281. The number of hydrogen-bond donors (Lipinski definition) is 0. The number of ether oxygens (including phenoxy) is 2. The minimum Gasteiger partial charge on any atom is -0.497 e. The number of esters is 1. The van der Waals surface area contributed by atoms with Crippen molar-refractivity contribution < 1.29 is 18.7 Å². The van der Waals surface area contributed by atoms with Crippen LogP contribution < -0.4 is 10.5 Å². The number of thiophene rings is 1. The molecular formula is C17H16N2O5S. The van der Waals surface area contributed by atoms with Crippen molar-refractivity contribution in [2.75, 3.05) is 7.11 Å². The average Bonchev–Trinajstić information content (AvgIpc) is 3.28. The second-order valence-electron chi connectivity index (χ2n) is 5.14. The second kappa shape index (κ2) is 7.80. The topological polar surface area (TPSA) is 83.6 Å². The smallest absolute Gasteiger partial charge is 0.437 e. The van der Waals surface area contributed by atoms with Gasteiger partial charge in [0.1, 0.15) is 12.4 Å². The van der Waals surface area contributed by atoms with E-state index in [1.165, 1.54) is 11.3 Å². The molecule has 7 nitrogen and oxygen atoms in total. The third-order valence-corrected chi connectivity index (χ3v) is 4.26. The van der Waals surface area contributed by atoms with Gasteiger partial charge in [0.25, 0.3) is 5.89 Å². The van der Waals surface area contributed by atoms with Crippen LogP contribution in [0.4, 0.5) is 0 Å². The standard InChI is InChI=1S/C17H16N2O5S/c1-22-13-5-2-4-12(10-13)11-23-15(20)7-8-19-17(21)24-16(18-19)14-6-3-9-25-14/h2-6,9-10H,7-8,11H2,1H3. The Kier molecular flexibility index (Phi) is 5.30.